The molecule has 1 saturated carbocycles. The summed E-state index contributed by atoms with van der Waals surface area (Å²) in [5.74, 6) is 0.663. The van der Waals surface area contributed by atoms with Gasteiger partial charge in [0.1, 0.15) is 11.4 Å². The maximum atomic E-state index is 11.4. The molecule has 0 atom stereocenters. The fraction of sp³-hybridized carbons (Fsp3) is 0.562. The molecule has 0 bridgehead atoms. The molecule has 3 heteroatoms. The summed E-state index contributed by atoms with van der Waals surface area (Å²) in [4.78, 5) is 11.4. The molecule has 3 nitrogen and oxygen atoms in total. The normalized spacial score (nSPS) is 17.8. The molecule has 0 saturated heterocycles. The summed E-state index contributed by atoms with van der Waals surface area (Å²) >= 11 is 0. The van der Waals surface area contributed by atoms with Gasteiger partial charge in [-0.1, -0.05) is 18.6 Å². The lowest BCUT2D eigenvalue weighted by atomic mass is 9.79. The Kier molecular flexibility index (Phi) is 4.46. The van der Waals surface area contributed by atoms with Crippen molar-refractivity contribution in [3.05, 3.63) is 29.8 Å². The third kappa shape index (κ3) is 3.28. The van der Waals surface area contributed by atoms with Crippen LogP contribution in [0.5, 0.6) is 5.75 Å². The summed E-state index contributed by atoms with van der Waals surface area (Å²) in [6, 6.07) is 7.97. The Bertz CT molecular complexity index is 416. The van der Waals surface area contributed by atoms with Crippen molar-refractivity contribution in [3.8, 4) is 5.75 Å². The lowest BCUT2D eigenvalue weighted by molar-refractivity contribution is -0.162. The molecule has 0 spiro atoms. The van der Waals surface area contributed by atoms with Gasteiger partial charge < -0.3 is 9.47 Å². The number of carbonyl (C=O) groups excluding carboxylic acids is 1. The molecule has 1 aliphatic rings. The predicted octanol–water partition coefficient (Wildman–Crippen LogP) is 3.81. The van der Waals surface area contributed by atoms with Crippen LogP contribution >= 0.6 is 0 Å². The van der Waals surface area contributed by atoms with E-state index in [1.807, 2.05) is 31.2 Å². The van der Waals surface area contributed by atoms with Crippen molar-refractivity contribution in [2.45, 2.75) is 51.6 Å². The second-order valence-electron chi connectivity index (χ2n) is 5.11. The van der Waals surface area contributed by atoms with Gasteiger partial charge in [0, 0.05) is 6.92 Å². The van der Waals surface area contributed by atoms with Crippen LogP contribution in [0, 0.1) is 0 Å². The van der Waals surface area contributed by atoms with E-state index in [1.165, 1.54) is 13.3 Å². The summed E-state index contributed by atoms with van der Waals surface area (Å²) < 4.78 is 11.1. The van der Waals surface area contributed by atoms with Crippen LogP contribution in [-0.2, 0) is 15.1 Å². The Hall–Kier alpha value is -1.51. The molecule has 104 valence electrons. The number of rotatable bonds is 4. The van der Waals surface area contributed by atoms with Gasteiger partial charge in [-0.3, -0.25) is 4.79 Å². The van der Waals surface area contributed by atoms with Crippen LogP contribution in [0.2, 0.25) is 0 Å². The Morgan fingerprint density at radius 1 is 1.16 bits per heavy atom. The zero-order valence-corrected chi connectivity index (χ0v) is 11.8. The van der Waals surface area contributed by atoms with E-state index < -0.39 is 5.60 Å². The summed E-state index contributed by atoms with van der Waals surface area (Å²) in [5.41, 5.74) is 0.667. The molecule has 0 aromatic heterocycles. The molecular formula is C16H22O3. The third-order valence-electron chi connectivity index (χ3n) is 3.69. The number of carbonyl (C=O) groups is 1. The van der Waals surface area contributed by atoms with Crippen LogP contribution in [0.15, 0.2) is 24.3 Å². The van der Waals surface area contributed by atoms with E-state index in [0.717, 1.165) is 37.0 Å². The van der Waals surface area contributed by atoms with Crippen LogP contribution < -0.4 is 4.74 Å². The monoisotopic (exact) mass is 262 g/mol. The minimum atomic E-state index is -0.422. The average molecular weight is 262 g/mol. The van der Waals surface area contributed by atoms with Crippen LogP contribution in [-0.4, -0.2) is 12.6 Å². The van der Waals surface area contributed by atoms with Crippen molar-refractivity contribution in [3.63, 3.8) is 0 Å². The van der Waals surface area contributed by atoms with Crippen molar-refractivity contribution in [2.24, 2.45) is 0 Å². The average Bonchev–Trinajstić information content (AvgIpc) is 2.40. The predicted molar refractivity (Wildman–Crippen MR) is 74.1 cm³/mol. The van der Waals surface area contributed by atoms with E-state index in [4.69, 9.17) is 9.47 Å². The number of esters is 1. The van der Waals surface area contributed by atoms with Gasteiger partial charge in [0.25, 0.3) is 0 Å². The maximum absolute atomic E-state index is 11.4. The minimum absolute atomic E-state index is 0.198. The zero-order chi connectivity index (χ0) is 13.7. The van der Waals surface area contributed by atoms with Crippen molar-refractivity contribution in [1.82, 2.24) is 0 Å². The smallest absolute Gasteiger partial charge is 0.303 e. The van der Waals surface area contributed by atoms with E-state index in [9.17, 15) is 4.79 Å². The number of hydrogen-bond donors (Lipinski definition) is 0. The van der Waals surface area contributed by atoms with Gasteiger partial charge in [-0.25, -0.2) is 0 Å². The molecule has 0 aliphatic heterocycles. The number of hydrogen-bond acceptors (Lipinski definition) is 3. The highest BCUT2D eigenvalue weighted by Gasteiger charge is 2.36. The van der Waals surface area contributed by atoms with E-state index in [-0.39, 0.29) is 5.97 Å². The van der Waals surface area contributed by atoms with Gasteiger partial charge in [-0.2, -0.15) is 0 Å². The Balaban J connectivity index is 2.24. The van der Waals surface area contributed by atoms with E-state index in [0.29, 0.717) is 6.61 Å². The molecule has 1 fully saturated rings. The summed E-state index contributed by atoms with van der Waals surface area (Å²) in [6.45, 7) is 4.12. The first-order chi connectivity index (χ1) is 9.16. The van der Waals surface area contributed by atoms with Gasteiger partial charge in [0.2, 0.25) is 0 Å². The fourth-order valence-electron chi connectivity index (χ4n) is 2.87. The highest BCUT2D eigenvalue weighted by Crippen LogP contribution is 2.41. The zero-order valence-electron chi connectivity index (χ0n) is 11.8. The van der Waals surface area contributed by atoms with Crippen molar-refractivity contribution >= 4 is 5.97 Å². The summed E-state index contributed by atoms with van der Waals surface area (Å²) in [6.07, 6.45) is 5.28. The maximum Gasteiger partial charge on any atom is 0.303 e. The van der Waals surface area contributed by atoms with Crippen LogP contribution in [0.1, 0.15) is 51.5 Å². The minimum Gasteiger partial charge on any atom is -0.494 e. The molecule has 1 aliphatic carbocycles. The molecule has 1 aromatic carbocycles. The molecule has 0 unspecified atom stereocenters. The molecular weight excluding hydrogens is 240 g/mol. The first kappa shape index (κ1) is 13.9. The third-order valence-corrected chi connectivity index (χ3v) is 3.69. The molecule has 0 amide bonds. The van der Waals surface area contributed by atoms with Gasteiger partial charge in [-0.15, -0.1) is 0 Å². The summed E-state index contributed by atoms with van der Waals surface area (Å²) in [5, 5.41) is 0. The highest BCUT2D eigenvalue weighted by atomic mass is 16.6. The largest absolute Gasteiger partial charge is 0.494 e. The van der Waals surface area contributed by atoms with Crippen molar-refractivity contribution in [1.29, 1.82) is 0 Å². The molecule has 0 radical (unpaired) electrons. The first-order valence-electron chi connectivity index (χ1n) is 7.09. The topological polar surface area (TPSA) is 35.5 Å². The fourth-order valence-corrected chi connectivity index (χ4v) is 2.87. The molecule has 19 heavy (non-hydrogen) atoms. The first-order valence-corrected chi connectivity index (χ1v) is 7.09. The van der Waals surface area contributed by atoms with E-state index in [1.54, 1.807) is 0 Å². The van der Waals surface area contributed by atoms with Crippen molar-refractivity contribution < 1.29 is 14.3 Å². The Morgan fingerprint density at radius 3 is 2.32 bits per heavy atom. The highest BCUT2D eigenvalue weighted by molar-refractivity contribution is 5.67. The number of ether oxygens (including phenoxy) is 2. The molecule has 2 rings (SSSR count). The molecule has 0 N–H and O–H groups in total. The lowest BCUT2D eigenvalue weighted by Crippen LogP contribution is -2.34. The van der Waals surface area contributed by atoms with Gasteiger partial charge in [0.05, 0.1) is 6.61 Å². The second kappa shape index (κ2) is 6.09. The standard InChI is InChI=1S/C16H22O3/c1-3-18-15-9-7-14(8-10-15)16(19-13(2)17)11-5-4-6-12-16/h7-10H,3-6,11-12H2,1-2H3. The second-order valence-corrected chi connectivity index (χ2v) is 5.11. The molecule has 0 heterocycles. The lowest BCUT2D eigenvalue weighted by Gasteiger charge is -2.37. The van der Waals surface area contributed by atoms with Crippen LogP contribution in [0.4, 0.5) is 0 Å². The Labute approximate surface area is 114 Å². The Morgan fingerprint density at radius 2 is 1.79 bits per heavy atom. The quantitative estimate of drug-likeness (QED) is 0.774. The van der Waals surface area contributed by atoms with Gasteiger partial charge in [-0.05, 0) is 50.3 Å². The van der Waals surface area contributed by atoms with Gasteiger partial charge >= 0.3 is 5.97 Å². The molecule has 1 aromatic rings. The van der Waals surface area contributed by atoms with Crippen LogP contribution in [0.25, 0.3) is 0 Å². The van der Waals surface area contributed by atoms with Gasteiger partial charge in [0.15, 0.2) is 0 Å². The van der Waals surface area contributed by atoms with E-state index in [2.05, 4.69) is 0 Å². The van der Waals surface area contributed by atoms with Crippen LogP contribution in [0.3, 0.4) is 0 Å². The SMILES string of the molecule is CCOc1ccc(C2(OC(C)=O)CCCCC2)cc1. The number of benzene rings is 1. The van der Waals surface area contributed by atoms with E-state index >= 15 is 0 Å². The van der Waals surface area contributed by atoms with Crippen molar-refractivity contribution in [2.75, 3.05) is 6.61 Å². The summed E-state index contributed by atoms with van der Waals surface area (Å²) in [7, 11) is 0.